The van der Waals surface area contributed by atoms with E-state index in [0.29, 0.717) is 11.8 Å². The van der Waals surface area contributed by atoms with E-state index in [1.54, 1.807) is 0 Å². The SMILES string of the molecule is CC(C)(C)c1ccc(N(c2ccccc2)c2ccc3c4cc5c(cc4n4c6ccccc6c2c34)c2ccc(N(c3ccccc3)c3ccc(C(C)(C)C)cc3)c3c4ccccc4n5c23)cc1.c1ccc(N(c2ccc(C3CCCCC3)cc2)c2ccc3c4cc5c(cc4n4c6ccccc6c2c34)c2ccc(N(c3ccccc3)c3ccc(C4CCCCC4)cc3)c3c4ccccc4n5c23)cc1. The Kier molecular flexibility index (Phi) is 18.2. The van der Waals surface area contributed by atoms with Crippen LogP contribution in [0.25, 0.3) is 152 Å². The van der Waals surface area contributed by atoms with Crippen LogP contribution in [-0.4, -0.2) is 17.6 Å². The van der Waals surface area contributed by atoms with Crippen molar-refractivity contribution in [3.8, 4) is 0 Å². The highest BCUT2D eigenvalue weighted by molar-refractivity contribution is 6.35. The lowest BCUT2D eigenvalue weighted by Crippen LogP contribution is -2.13. The number of benzene rings is 18. The molecule has 656 valence electrons. The van der Waals surface area contributed by atoms with Crippen LogP contribution < -0.4 is 19.6 Å². The second-order valence-electron chi connectivity index (χ2n) is 40.7. The summed E-state index contributed by atoms with van der Waals surface area (Å²) in [6, 6.07) is 146. The lowest BCUT2D eigenvalue weighted by Gasteiger charge is -2.28. The molecule has 0 atom stereocenters. The molecule has 18 aromatic carbocycles. The van der Waals surface area contributed by atoms with Gasteiger partial charge in [-0.25, -0.2) is 0 Å². The Balaban J connectivity index is 0.000000138. The maximum atomic E-state index is 2.57. The molecule has 0 amide bonds. The van der Waals surface area contributed by atoms with Crippen LogP contribution in [0.1, 0.15) is 140 Å². The number of para-hydroxylation sites is 8. The summed E-state index contributed by atoms with van der Waals surface area (Å²) >= 11 is 0. The molecular weight excluding hydrogens is 1650 g/mol. The van der Waals surface area contributed by atoms with E-state index in [9.17, 15) is 0 Å². The minimum Gasteiger partial charge on any atom is -0.310 e. The minimum absolute atomic E-state index is 0.0617. The predicted octanol–water partition coefficient (Wildman–Crippen LogP) is 36.5. The molecule has 0 aliphatic heterocycles. The van der Waals surface area contributed by atoms with E-state index in [4.69, 9.17) is 0 Å². The van der Waals surface area contributed by atoms with Gasteiger partial charge in [0.15, 0.2) is 0 Å². The van der Waals surface area contributed by atoms with Gasteiger partial charge in [-0.15, -0.1) is 0 Å². The first-order chi connectivity index (χ1) is 66.8. The van der Waals surface area contributed by atoms with Gasteiger partial charge >= 0.3 is 0 Å². The van der Waals surface area contributed by atoms with Crippen molar-refractivity contribution in [1.29, 1.82) is 0 Å². The van der Waals surface area contributed by atoms with Gasteiger partial charge in [-0.3, -0.25) is 0 Å². The standard InChI is InChI=1S/C66H54N4.C62H50N4/c1-5-17-43(18-6-1)45-29-33-49(34-30-45)67(47-21-9-3-10-22-47)59-39-37-51-55-41-62-56(42-61(55)69-57-27-15-13-25-53(57)63(59)65(51)69)52-38-40-60(64-54-26-14-16-28-58(54)70(62)66(52)64)68(48-23-11-4-12-24-48)50-35-31-46(32-36-50)44-19-7-2-8-20-44;1-61(2,3)39-25-29-43(30-26-39)63(41-17-9-7-10-18-41)53-35-33-45-49-37-56-50(38-55(49)65-51-23-15-13-21-47(51)57(53)59(45)65)46-34-36-54(58-48-22-14-16-24-52(48)66(56)60(46)58)64(42-19-11-8-12-20-42)44-31-27-40(28-32-44)62(4,5)6/h3-4,9-16,21-44H,1-2,5-8,17-20H2;7-38H,1-6H3. The topological polar surface area (TPSA) is 30.6 Å². The molecule has 2 aliphatic rings. The van der Waals surface area contributed by atoms with E-state index >= 15 is 0 Å². The van der Waals surface area contributed by atoms with Crippen LogP contribution in [-0.2, 0) is 10.8 Å². The predicted molar refractivity (Wildman–Crippen MR) is 579 cm³/mol. The molecule has 0 radical (unpaired) electrons. The first-order valence-corrected chi connectivity index (χ1v) is 49.3. The zero-order valence-corrected chi connectivity index (χ0v) is 77.8. The van der Waals surface area contributed by atoms with Crippen LogP contribution in [0.15, 0.2) is 388 Å². The van der Waals surface area contributed by atoms with Crippen molar-refractivity contribution in [2.75, 3.05) is 19.6 Å². The molecule has 8 heteroatoms. The quantitative estimate of drug-likeness (QED) is 0.109. The van der Waals surface area contributed by atoms with Gasteiger partial charge in [0, 0.05) is 132 Å². The van der Waals surface area contributed by atoms with Gasteiger partial charge in [0.2, 0.25) is 0 Å². The fourth-order valence-corrected chi connectivity index (χ4v) is 24.6. The van der Waals surface area contributed by atoms with Gasteiger partial charge in [0.05, 0.1) is 88.9 Å². The van der Waals surface area contributed by atoms with E-state index in [2.05, 4.69) is 467 Å². The maximum Gasteiger partial charge on any atom is 0.0641 e. The molecular formula is C128H104N8. The molecule has 2 aliphatic carbocycles. The first kappa shape index (κ1) is 80.0. The molecule has 28 rings (SSSR count). The molecule has 0 unspecified atom stereocenters. The third kappa shape index (κ3) is 12.3. The molecule has 8 nitrogen and oxygen atoms in total. The lowest BCUT2D eigenvalue weighted by atomic mass is 9.84. The van der Waals surface area contributed by atoms with E-state index in [0.717, 1.165) is 34.1 Å². The van der Waals surface area contributed by atoms with Crippen LogP contribution in [0.4, 0.5) is 68.2 Å². The average Bonchev–Trinajstić information content (AvgIpc) is 1.51. The highest BCUT2D eigenvalue weighted by Gasteiger charge is 2.34. The summed E-state index contributed by atoms with van der Waals surface area (Å²) in [6.45, 7) is 13.7. The largest absolute Gasteiger partial charge is 0.310 e. The van der Waals surface area contributed by atoms with Crippen LogP contribution in [0.3, 0.4) is 0 Å². The number of fused-ring (bicyclic) bond motifs is 24. The number of nitrogens with zero attached hydrogens (tertiary/aromatic N) is 8. The van der Waals surface area contributed by atoms with E-state index in [1.807, 2.05) is 0 Å². The van der Waals surface area contributed by atoms with Gasteiger partial charge < -0.3 is 37.2 Å². The number of anilines is 12. The second kappa shape index (κ2) is 31.0. The molecule has 2 fully saturated rings. The number of hydrogen-bond donors (Lipinski definition) is 0. The van der Waals surface area contributed by atoms with Crippen LogP contribution in [0.2, 0.25) is 0 Å². The van der Waals surface area contributed by atoms with Crippen molar-refractivity contribution in [1.82, 2.24) is 17.6 Å². The molecule has 0 bridgehead atoms. The van der Waals surface area contributed by atoms with Crippen molar-refractivity contribution in [3.63, 3.8) is 0 Å². The Morgan fingerprint density at radius 3 is 0.640 bits per heavy atom. The van der Waals surface area contributed by atoms with Gasteiger partial charge in [-0.2, -0.15) is 0 Å². The first-order valence-electron chi connectivity index (χ1n) is 49.3. The Hall–Kier alpha value is -15.6. The van der Waals surface area contributed by atoms with Gasteiger partial charge in [-0.05, 0) is 240 Å². The lowest BCUT2D eigenvalue weighted by molar-refractivity contribution is 0.443. The highest BCUT2D eigenvalue weighted by Crippen LogP contribution is 2.56. The molecule has 0 N–H and O–H groups in total. The van der Waals surface area contributed by atoms with Gasteiger partial charge in [-0.1, -0.05) is 298 Å². The Morgan fingerprint density at radius 2 is 0.404 bits per heavy atom. The van der Waals surface area contributed by atoms with E-state index in [-0.39, 0.29) is 10.8 Å². The molecule has 0 saturated heterocycles. The number of hydrogen-bond acceptors (Lipinski definition) is 4. The highest BCUT2D eigenvalue weighted by atomic mass is 15.2. The van der Waals surface area contributed by atoms with Gasteiger partial charge in [0.25, 0.3) is 0 Å². The number of rotatable bonds is 14. The van der Waals surface area contributed by atoms with Crippen LogP contribution in [0, 0.1) is 0 Å². The minimum atomic E-state index is 0.0617. The van der Waals surface area contributed by atoms with Gasteiger partial charge in [0.1, 0.15) is 0 Å². The number of aromatic nitrogens is 4. The summed E-state index contributed by atoms with van der Waals surface area (Å²) in [5, 5.41) is 20.3. The summed E-state index contributed by atoms with van der Waals surface area (Å²) in [4.78, 5) is 9.87. The third-order valence-electron chi connectivity index (χ3n) is 31.0. The third-order valence-corrected chi connectivity index (χ3v) is 31.0. The van der Waals surface area contributed by atoms with Crippen molar-refractivity contribution in [2.45, 2.75) is 128 Å². The van der Waals surface area contributed by atoms with Crippen molar-refractivity contribution < 1.29 is 0 Å². The average molecular weight is 1750 g/mol. The fraction of sp³-hybridized carbons (Fsp3) is 0.156. The zero-order chi connectivity index (χ0) is 90.5. The van der Waals surface area contributed by atoms with E-state index < -0.39 is 0 Å². The summed E-state index contributed by atoms with van der Waals surface area (Å²) in [7, 11) is 0. The van der Waals surface area contributed by atoms with Crippen molar-refractivity contribution in [3.05, 3.63) is 411 Å². The van der Waals surface area contributed by atoms with Crippen molar-refractivity contribution >= 4 is 221 Å². The maximum absolute atomic E-state index is 2.57. The summed E-state index contributed by atoms with van der Waals surface area (Å²) in [5.41, 5.74) is 34.7. The smallest absolute Gasteiger partial charge is 0.0641 e. The summed E-state index contributed by atoms with van der Waals surface area (Å²) in [5.74, 6) is 1.33. The Bertz CT molecular complexity index is 8570. The summed E-state index contributed by atoms with van der Waals surface area (Å²) in [6.07, 6.45) is 13.3. The van der Waals surface area contributed by atoms with Crippen LogP contribution >= 0.6 is 0 Å². The zero-order valence-electron chi connectivity index (χ0n) is 77.8. The van der Waals surface area contributed by atoms with E-state index in [1.165, 1.54) is 273 Å². The molecule has 0 spiro atoms. The van der Waals surface area contributed by atoms with Crippen LogP contribution in [0.5, 0.6) is 0 Å². The second-order valence-corrected chi connectivity index (χ2v) is 40.7. The Morgan fingerprint density at radius 1 is 0.191 bits per heavy atom. The molecule has 8 aromatic heterocycles. The normalized spacial score (nSPS) is 14.0. The fourth-order valence-electron chi connectivity index (χ4n) is 24.6. The Labute approximate surface area is 791 Å². The molecule has 2 saturated carbocycles. The monoisotopic (exact) mass is 1750 g/mol. The summed E-state index contributed by atoms with van der Waals surface area (Å²) < 4.78 is 10.2. The molecule has 26 aromatic rings. The van der Waals surface area contributed by atoms with Crippen molar-refractivity contribution in [2.24, 2.45) is 0 Å². The molecule has 8 heterocycles. The molecule has 136 heavy (non-hydrogen) atoms.